The minimum absolute atomic E-state index is 0.0481. The van der Waals surface area contributed by atoms with Gasteiger partial charge in [-0.3, -0.25) is 9.78 Å². The van der Waals surface area contributed by atoms with Gasteiger partial charge in [-0.2, -0.15) is 15.2 Å². The zero-order valence-electron chi connectivity index (χ0n) is 19.2. The monoisotopic (exact) mass is 574 g/mol. The van der Waals surface area contributed by atoms with Crippen molar-refractivity contribution in [1.82, 2.24) is 20.3 Å². The summed E-state index contributed by atoms with van der Waals surface area (Å²) >= 11 is 2.30. The molecule has 2 fully saturated rings. The maximum Gasteiger partial charge on any atom is 0.319 e. The number of halogens is 1. The molecule has 1 amide bonds. The standard InChI is InChI=1S/C23H28BIN6O3/c1-2-27-22(32)18-11-20(30-23(29-18)34-14-17-10-16(17)12-26)31-8-5-15(6-9-31)13-33-19-4-3-7-28-21(19)24-25/h3-4,7,11,15-17,24H,2,5-6,8-10,13-14H2,1H3,(H,27,32). The molecule has 178 valence electrons. The Morgan fingerprint density at radius 2 is 2.15 bits per heavy atom. The van der Waals surface area contributed by atoms with Crippen molar-refractivity contribution in [3.63, 3.8) is 0 Å². The van der Waals surface area contributed by atoms with Crippen molar-refractivity contribution in [1.29, 1.82) is 5.26 Å². The highest BCUT2D eigenvalue weighted by atomic mass is 127. The van der Waals surface area contributed by atoms with Gasteiger partial charge >= 0.3 is 6.01 Å². The van der Waals surface area contributed by atoms with Crippen molar-refractivity contribution >= 4 is 44.8 Å². The second kappa shape index (κ2) is 11.7. The third-order valence-corrected chi connectivity index (χ3v) is 6.89. The second-order valence-corrected chi connectivity index (χ2v) is 9.38. The number of anilines is 1. The van der Waals surface area contributed by atoms with E-state index in [1.165, 1.54) is 0 Å². The van der Waals surface area contributed by atoms with E-state index in [1.807, 2.05) is 19.1 Å². The van der Waals surface area contributed by atoms with E-state index in [9.17, 15) is 4.79 Å². The number of ether oxygens (including phenoxy) is 2. The van der Waals surface area contributed by atoms with E-state index in [-0.39, 0.29) is 23.8 Å². The summed E-state index contributed by atoms with van der Waals surface area (Å²) in [5.74, 6) is 2.01. The number of carbonyl (C=O) groups excluding carboxylic acids is 1. The number of carbonyl (C=O) groups is 1. The highest BCUT2D eigenvalue weighted by Crippen LogP contribution is 2.37. The predicted molar refractivity (Wildman–Crippen MR) is 138 cm³/mol. The van der Waals surface area contributed by atoms with Crippen molar-refractivity contribution in [2.45, 2.75) is 26.2 Å². The van der Waals surface area contributed by atoms with Gasteiger partial charge in [0.2, 0.25) is 0 Å². The van der Waals surface area contributed by atoms with Crippen LogP contribution in [0.25, 0.3) is 0 Å². The average molecular weight is 574 g/mol. The Hall–Kier alpha value is -2.62. The van der Waals surface area contributed by atoms with Crippen LogP contribution < -0.4 is 25.3 Å². The van der Waals surface area contributed by atoms with Gasteiger partial charge in [0.1, 0.15) is 17.3 Å². The fraction of sp³-hybridized carbons (Fsp3) is 0.522. The number of pyridine rings is 1. The van der Waals surface area contributed by atoms with Crippen molar-refractivity contribution in [3.05, 3.63) is 30.1 Å². The summed E-state index contributed by atoms with van der Waals surface area (Å²) in [5.41, 5.74) is 1.27. The maximum atomic E-state index is 12.5. The maximum absolute atomic E-state index is 12.5. The van der Waals surface area contributed by atoms with Crippen LogP contribution in [0.2, 0.25) is 0 Å². The highest BCUT2D eigenvalue weighted by Gasteiger charge is 2.38. The zero-order valence-corrected chi connectivity index (χ0v) is 21.4. The van der Waals surface area contributed by atoms with E-state index in [0.717, 1.165) is 48.8 Å². The summed E-state index contributed by atoms with van der Waals surface area (Å²) in [6.45, 7) is 5.06. The lowest BCUT2D eigenvalue weighted by Gasteiger charge is -2.33. The quantitative estimate of drug-likeness (QED) is 0.338. The van der Waals surface area contributed by atoms with Crippen LogP contribution in [0.5, 0.6) is 11.8 Å². The zero-order chi connectivity index (χ0) is 23.9. The van der Waals surface area contributed by atoms with E-state index in [0.29, 0.717) is 37.2 Å². The molecule has 0 aromatic carbocycles. The van der Waals surface area contributed by atoms with E-state index in [2.05, 4.69) is 53.6 Å². The van der Waals surface area contributed by atoms with E-state index < -0.39 is 0 Å². The molecule has 1 saturated carbocycles. The predicted octanol–water partition coefficient (Wildman–Crippen LogP) is 1.87. The number of hydrogen-bond donors (Lipinski definition) is 1. The van der Waals surface area contributed by atoms with Gasteiger partial charge < -0.3 is 19.7 Å². The summed E-state index contributed by atoms with van der Waals surface area (Å²) in [6, 6.07) is 8.05. The number of hydrogen-bond acceptors (Lipinski definition) is 8. The molecule has 2 aromatic rings. The minimum atomic E-state index is -0.247. The molecule has 34 heavy (non-hydrogen) atoms. The fourth-order valence-corrected chi connectivity index (χ4v) is 4.54. The van der Waals surface area contributed by atoms with E-state index in [4.69, 9.17) is 14.7 Å². The summed E-state index contributed by atoms with van der Waals surface area (Å²) in [5, 5.41) is 12.6. The molecule has 11 heteroatoms. The Kier molecular flexibility index (Phi) is 8.42. The van der Waals surface area contributed by atoms with Crippen LogP contribution in [0.1, 0.15) is 36.7 Å². The van der Waals surface area contributed by atoms with Crippen LogP contribution in [0, 0.1) is 29.1 Å². The van der Waals surface area contributed by atoms with Crippen molar-refractivity contribution in [2.75, 3.05) is 37.7 Å². The fourth-order valence-electron chi connectivity index (χ4n) is 3.97. The molecule has 3 heterocycles. The lowest BCUT2D eigenvalue weighted by molar-refractivity contribution is 0.0949. The van der Waals surface area contributed by atoms with E-state index in [1.54, 1.807) is 12.3 Å². The molecule has 0 radical (unpaired) electrons. The smallest absolute Gasteiger partial charge is 0.319 e. The Morgan fingerprint density at radius 3 is 2.85 bits per heavy atom. The van der Waals surface area contributed by atoms with Crippen molar-refractivity contribution in [2.24, 2.45) is 17.8 Å². The van der Waals surface area contributed by atoms with Crippen LogP contribution in [0.15, 0.2) is 24.4 Å². The summed E-state index contributed by atoms with van der Waals surface area (Å²) < 4.78 is 11.9. The Morgan fingerprint density at radius 1 is 1.32 bits per heavy atom. The molecular formula is C23H28BIN6O3. The minimum Gasteiger partial charge on any atom is -0.492 e. The number of rotatable bonds is 10. The van der Waals surface area contributed by atoms with Gasteiger partial charge in [-0.05, 0) is 44.2 Å². The summed E-state index contributed by atoms with van der Waals surface area (Å²) in [6.07, 6.45) is 4.55. The largest absolute Gasteiger partial charge is 0.492 e. The number of amides is 1. The Bertz CT molecular complexity index is 1040. The highest BCUT2D eigenvalue weighted by molar-refractivity contribution is 14.1. The average Bonchev–Trinajstić information content (AvgIpc) is 3.65. The van der Waals surface area contributed by atoms with Crippen LogP contribution in [-0.4, -0.2) is 58.8 Å². The molecule has 0 bridgehead atoms. The lowest BCUT2D eigenvalue weighted by atomic mass is 9.97. The Labute approximate surface area is 213 Å². The first-order valence-corrected chi connectivity index (χ1v) is 13.2. The van der Waals surface area contributed by atoms with E-state index >= 15 is 0 Å². The molecule has 1 aliphatic heterocycles. The third-order valence-electron chi connectivity index (χ3n) is 6.17. The SMILES string of the molecule is CCNC(=O)c1cc(N2CCC(COc3cccnc3BI)CC2)nc(OCC2CC2C#N)n1. The molecule has 1 aliphatic carbocycles. The number of nitriles is 1. The van der Waals surface area contributed by atoms with Gasteiger partial charge in [-0.25, -0.2) is 0 Å². The van der Waals surface area contributed by atoms with Gasteiger partial charge in [-0.1, -0.05) is 0 Å². The first-order valence-electron chi connectivity index (χ1n) is 11.7. The third kappa shape index (κ3) is 6.28. The number of piperidine rings is 1. The second-order valence-electron chi connectivity index (χ2n) is 8.62. The molecule has 4 rings (SSSR count). The first kappa shape index (κ1) is 24.5. The van der Waals surface area contributed by atoms with Gasteiger partial charge in [0.15, 0.2) is 0 Å². The van der Waals surface area contributed by atoms with Gasteiger partial charge in [-0.15, -0.1) is 22.4 Å². The molecule has 2 aromatic heterocycles. The van der Waals surface area contributed by atoms with Gasteiger partial charge in [0, 0.05) is 37.8 Å². The molecule has 2 unspecified atom stereocenters. The van der Waals surface area contributed by atoms with Crippen LogP contribution in [0.4, 0.5) is 5.82 Å². The van der Waals surface area contributed by atoms with Gasteiger partial charge in [0.05, 0.1) is 30.8 Å². The molecule has 2 atom stereocenters. The lowest BCUT2D eigenvalue weighted by Crippen LogP contribution is -2.36. The molecule has 1 saturated heterocycles. The van der Waals surface area contributed by atoms with Crippen LogP contribution in [0.3, 0.4) is 0 Å². The molecule has 1 N–H and O–H groups in total. The molecular weight excluding hydrogens is 546 g/mol. The normalized spacial score (nSPS) is 19.7. The number of nitrogens with zero attached hydrogens (tertiary/aromatic N) is 5. The van der Waals surface area contributed by atoms with Gasteiger partial charge in [0.25, 0.3) is 11.0 Å². The molecule has 0 spiro atoms. The summed E-state index contributed by atoms with van der Waals surface area (Å²) in [4.78, 5) is 27.9. The summed E-state index contributed by atoms with van der Waals surface area (Å²) in [7, 11) is 0. The molecule has 2 aliphatic rings. The van der Waals surface area contributed by atoms with Crippen molar-refractivity contribution < 1.29 is 14.3 Å². The van der Waals surface area contributed by atoms with Crippen molar-refractivity contribution in [3.8, 4) is 17.8 Å². The topological polar surface area (TPSA) is 113 Å². The van der Waals surface area contributed by atoms with Crippen LogP contribution >= 0.6 is 22.4 Å². The Balaban J connectivity index is 1.37. The number of aromatic nitrogens is 3. The number of nitrogens with one attached hydrogen (secondary N) is 1. The first-order chi connectivity index (χ1) is 16.6. The molecule has 9 nitrogen and oxygen atoms in total. The van der Waals surface area contributed by atoms with Crippen LogP contribution in [-0.2, 0) is 0 Å².